The number of aromatic nitrogens is 1. The third-order valence-electron chi connectivity index (χ3n) is 3.10. The molecule has 0 aliphatic carbocycles. The Bertz CT molecular complexity index is 602. The summed E-state index contributed by atoms with van der Waals surface area (Å²) in [5.41, 5.74) is 2.47. The molecule has 0 spiro atoms. The van der Waals surface area contributed by atoms with Crippen LogP contribution in [-0.4, -0.2) is 16.1 Å². The fourth-order valence-electron chi connectivity index (χ4n) is 1.86. The second-order valence-corrected chi connectivity index (χ2v) is 5.35. The van der Waals surface area contributed by atoms with Crippen LogP contribution in [0.1, 0.15) is 34.5 Å². The van der Waals surface area contributed by atoms with Crippen LogP contribution >= 0.6 is 15.9 Å². The number of carboxylic acids is 1. The van der Waals surface area contributed by atoms with Crippen LogP contribution in [0.25, 0.3) is 0 Å². The fourth-order valence-corrected chi connectivity index (χ4v) is 2.38. The molecule has 0 amide bonds. The number of pyridine rings is 1. The van der Waals surface area contributed by atoms with Gasteiger partial charge in [-0.2, -0.15) is 0 Å². The molecule has 0 aliphatic rings. The summed E-state index contributed by atoms with van der Waals surface area (Å²) in [6.07, 6.45) is 3.54. The third kappa shape index (κ3) is 3.65. The summed E-state index contributed by atoms with van der Waals surface area (Å²) >= 11 is 3.41. The second-order valence-electron chi connectivity index (χ2n) is 4.49. The van der Waals surface area contributed by atoms with Crippen molar-refractivity contribution in [2.24, 2.45) is 0 Å². The van der Waals surface area contributed by atoms with Gasteiger partial charge in [0.15, 0.2) is 0 Å². The number of hydrogen-bond acceptors (Lipinski definition) is 3. The van der Waals surface area contributed by atoms with Crippen molar-refractivity contribution in [1.82, 2.24) is 10.3 Å². The predicted molar refractivity (Wildman–Crippen MR) is 80.6 cm³/mol. The van der Waals surface area contributed by atoms with E-state index in [2.05, 4.69) is 33.2 Å². The Morgan fingerprint density at radius 1 is 1.35 bits per heavy atom. The lowest BCUT2D eigenvalue weighted by Crippen LogP contribution is -2.18. The summed E-state index contributed by atoms with van der Waals surface area (Å²) in [5.74, 6) is -0.921. The molecule has 0 bridgehead atoms. The summed E-state index contributed by atoms with van der Waals surface area (Å²) in [7, 11) is 0. The number of benzene rings is 1. The van der Waals surface area contributed by atoms with E-state index in [1.54, 1.807) is 24.5 Å². The number of carboxylic acid groups (broad SMARTS) is 1. The number of nitrogens with one attached hydrogen (secondary N) is 1. The van der Waals surface area contributed by atoms with Gasteiger partial charge in [0.05, 0.1) is 5.56 Å². The van der Waals surface area contributed by atoms with Crippen LogP contribution in [0.3, 0.4) is 0 Å². The molecule has 0 saturated carbocycles. The lowest BCUT2D eigenvalue weighted by molar-refractivity contribution is 0.0697. The second kappa shape index (κ2) is 6.63. The van der Waals surface area contributed by atoms with E-state index in [4.69, 9.17) is 5.11 Å². The Balaban J connectivity index is 2.02. The Morgan fingerprint density at radius 3 is 2.65 bits per heavy atom. The lowest BCUT2D eigenvalue weighted by Gasteiger charge is -2.15. The van der Waals surface area contributed by atoms with Crippen molar-refractivity contribution < 1.29 is 9.90 Å². The van der Waals surface area contributed by atoms with E-state index in [0.717, 1.165) is 10.0 Å². The van der Waals surface area contributed by atoms with Gasteiger partial charge in [-0.3, -0.25) is 4.98 Å². The number of aromatic carboxylic acids is 1. The van der Waals surface area contributed by atoms with Gasteiger partial charge in [-0.05, 0) is 42.3 Å². The Labute approximate surface area is 126 Å². The molecule has 0 aliphatic heterocycles. The van der Waals surface area contributed by atoms with E-state index in [0.29, 0.717) is 6.54 Å². The van der Waals surface area contributed by atoms with Gasteiger partial charge in [0, 0.05) is 29.5 Å². The van der Waals surface area contributed by atoms with Crippen molar-refractivity contribution >= 4 is 21.9 Å². The molecule has 1 aromatic carbocycles. The van der Waals surface area contributed by atoms with Crippen molar-refractivity contribution in [2.45, 2.75) is 19.5 Å². The van der Waals surface area contributed by atoms with E-state index in [9.17, 15) is 4.79 Å². The minimum absolute atomic E-state index is 0.198. The summed E-state index contributed by atoms with van der Waals surface area (Å²) in [6.45, 7) is 2.73. The molecule has 4 nitrogen and oxygen atoms in total. The van der Waals surface area contributed by atoms with Crippen molar-refractivity contribution in [3.63, 3.8) is 0 Å². The highest BCUT2D eigenvalue weighted by Gasteiger charge is 2.08. The molecule has 2 aromatic rings. The third-order valence-corrected chi connectivity index (χ3v) is 3.84. The first-order valence-electron chi connectivity index (χ1n) is 6.23. The van der Waals surface area contributed by atoms with Gasteiger partial charge in [-0.25, -0.2) is 4.79 Å². The summed E-state index contributed by atoms with van der Waals surface area (Å²) < 4.78 is 0.798. The number of hydrogen-bond donors (Lipinski definition) is 2. The molecule has 0 unspecified atom stereocenters. The zero-order chi connectivity index (χ0) is 14.5. The van der Waals surface area contributed by atoms with Crippen molar-refractivity contribution in [2.75, 3.05) is 0 Å². The molecule has 1 atom stereocenters. The van der Waals surface area contributed by atoms with Crippen LogP contribution in [0.5, 0.6) is 0 Å². The maximum absolute atomic E-state index is 10.9. The highest BCUT2D eigenvalue weighted by molar-refractivity contribution is 9.10. The molecule has 0 saturated heterocycles. The van der Waals surface area contributed by atoms with Crippen LogP contribution in [0.4, 0.5) is 0 Å². The van der Waals surface area contributed by atoms with Gasteiger partial charge < -0.3 is 10.4 Å². The Kier molecular flexibility index (Phi) is 4.87. The molecular formula is C15H15BrN2O2. The van der Waals surface area contributed by atoms with Crippen molar-refractivity contribution in [3.05, 3.63) is 63.9 Å². The van der Waals surface area contributed by atoms with Crippen LogP contribution in [0.15, 0.2) is 47.2 Å². The SMILES string of the molecule is C[C@@H](NCc1ccc(C(=O)O)cc1Br)c1ccncc1. The predicted octanol–water partition coefficient (Wildman–Crippen LogP) is 3.39. The van der Waals surface area contributed by atoms with E-state index < -0.39 is 5.97 Å². The van der Waals surface area contributed by atoms with Gasteiger partial charge >= 0.3 is 5.97 Å². The summed E-state index contributed by atoms with van der Waals surface area (Å²) in [4.78, 5) is 14.9. The van der Waals surface area contributed by atoms with E-state index >= 15 is 0 Å². The maximum atomic E-state index is 10.9. The van der Waals surface area contributed by atoms with E-state index in [1.807, 2.05) is 18.2 Å². The van der Waals surface area contributed by atoms with Gasteiger partial charge in [0.2, 0.25) is 0 Å². The average Bonchev–Trinajstić information content (AvgIpc) is 2.46. The zero-order valence-electron chi connectivity index (χ0n) is 11.0. The highest BCUT2D eigenvalue weighted by Crippen LogP contribution is 2.20. The fraction of sp³-hybridized carbons (Fsp3) is 0.200. The molecule has 2 rings (SSSR count). The molecule has 0 fully saturated rings. The molecule has 2 N–H and O–H groups in total. The molecule has 5 heteroatoms. The first-order chi connectivity index (χ1) is 9.58. The number of nitrogens with zero attached hydrogens (tertiary/aromatic N) is 1. The topological polar surface area (TPSA) is 62.2 Å². The quantitative estimate of drug-likeness (QED) is 0.879. The first kappa shape index (κ1) is 14.7. The minimum atomic E-state index is -0.921. The average molecular weight is 335 g/mol. The lowest BCUT2D eigenvalue weighted by atomic mass is 10.1. The van der Waals surface area contributed by atoms with Gasteiger partial charge in [0.1, 0.15) is 0 Å². The normalized spacial score (nSPS) is 12.1. The van der Waals surface area contributed by atoms with Gasteiger partial charge in [-0.1, -0.05) is 22.0 Å². The standard InChI is InChI=1S/C15H15BrN2O2/c1-10(11-4-6-17-7-5-11)18-9-13-3-2-12(15(19)20)8-14(13)16/h2-8,10,18H,9H2,1H3,(H,19,20)/t10-/m1/s1. The minimum Gasteiger partial charge on any atom is -0.478 e. The molecule has 1 heterocycles. The van der Waals surface area contributed by atoms with E-state index in [1.165, 1.54) is 5.56 Å². The van der Waals surface area contributed by atoms with Crippen LogP contribution in [0, 0.1) is 0 Å². The van der Waals surface area contributed by atoms with Gasteiger partial charge in [-0.15, -0.1) is 0 Å². The Morgan fingerprint density at radius 2 is 2.05 bits per heavy atom. The Hall–Kier alpha value is -1.72. The van der Waals surface area contributed by atoms with Crippen molar-refractivity contribution in [1.29, 1.82) is 0 Å². The molecule has 104 valence electrons. The highest BCUT2D eigenvalue weighted by atomic mass is 79.9. The van der Waals surface area contributed by atoms with Crippen LogP contribution in [0.2, 0.25) is 0 Å². The zero-order valence-corrected chi connectivity index (χ0v) is 12.6. The molecule has 20 heavy (non-hydrogen) atoms. The first-order valence-corrected chi connectivity index (χ1v) is 7.02. The number of rotatable bonds is 5. The summed E-state index contributed by atoms with van der Waals surface area (Å²) in [5, 5.41) is 12.3. The molecular weight excluding hydrogens is 320 g/mol. The van der Waals surface area contributed by atoms with Crippen molar-refractivity contribution in [3.8, 4) is 0 Å². The van der Waals surface area contributed by atoms with Gasteiger partial charge in [0.25, 0.3) is 0 Å². The largest absolute Gasteiger partial charge is 0.478 e. The van der Waals surface area contributed by atoms with Crippen LogP contribution < -0.4 is 5.32 Å². The van der Waals surface area contributed by atoms with E-state index in [-0.39, 0.29) is 11.6 Å². The molecule has 1 aromatic heterocycles. The smallest absolute Gasteiger partial charge is 0.335 e. The number of halogens is 1. The van der Waals surface area contributed by atoms with Crippen LogP contribution in [-0.2, 0) is 6.54 Å². The molecule has 0 radical (unpaired) electrons. The summed E-state index contributed by atoms with van der Waals surface area (Å²) in [6, 6.07) is 9.20. The maximum Gasteiger partial charge on any atom is 0.335 e. The number of carbonyl (C=O) groups is 1. The monoisotopic (exact) mass is 334 g/mol.